The lowest BCUT2D eigenvalue weighted by atomic mass is 10.0. The highest BCUT2D eigenvalue weighted by atomic mass is 19.1. The van der Waals surface area contributed by atoms with Gasteiger partial charge in [0.05, 0.1) is 0 Å². The van der Waals surface area contributed by atoms with Crippen molar-refractivity contribution in [1.29, 1.82) is 0 Å². The van der Waals surface area contributed by atoms with Crippen molar-refractivity contribution < 1.29 is 9.18 Å². The van der Waals surface area contributed by atoms with Gasteiger partial charge in [-0.05, 0) is 36.6 Å². The molecule has 0 aromatic heterocycles. The summed E-state index contributed by atoms with van der Waals surface area (Å²) in [5.41, 5.74) is 6.39. The summed E-state index contributed by atoms with van der Waals surface area (Å²) in [7, 11) is 0. The average Bonchev–Trinajstić information content (AvgIpc) is 2.29. The summed E-state index contributed by atoms with van der Waals surface area (Å²) in [6.07, 6.45) is 0.858. The molecule has 0 spiro atoms. The third-order valence-electron chi connectivity index (χ3n) is 2.40. The standard InChI is InChI=1S/C13H20FN3O/c1-9(2)7-11(15)8-16-13(18)17-12-5-3-10(14)4-6-12/h3-6,9,11H,7-8,15H2,1-2H3,(H2,16,17,18). The highest BCUT2D eigenvalue weighted by molar-refractivity contribution is 5.89. The van der Waals surface area contributed by atoms with E-state index in [1.807, 2.05) is 0 Å². The number of carbonyl (C=O) groups is 1. The first-order valence-corrected chi connectivity index (χ1v) is 6.03. The number of benzene rings is 1. The first-order valence-electron chi connectivity index (χ1n) is 6.03. The molecule has 18 heavy (non-hydrogen) atoms. The highest BCUT2D eigenvalue weighted by Crippen LogP contribution is 2.07. The maximum absolute atomic E-state index is 12.7. The number of urea groups is 1. The van der Waals surface area contributed by atoms with E-state index < -0.39 is 0 Å². The molecule has 0 fully saturated rings. The van der Waals surface area contributed by atoms with Crippen LogP contribution in [0.1, 0.15) is 20.3 Å². The smallest absolute Gasteiger partial charge is 0.319 e. The van der Waals surface area contributed by atoms with E-state index in [0.29, 0.717) is 18.2 Å². The van der Waals surface area contributed by atoms with E-state index in [-0.39, 0.29) is 17.9 Å². The maximum Gasteiger partial charge on any atom is 0.319 e. The minimum absolute atomic E-state index is 0.0519. The molecule has 0 heterocycles. The molecule has 100 valence electrons. The third kappa shape index (κ3) is 5.63. The number of halogens is 1. The fourth-order valence-corrected chi connectivity index (χ4v) is 1.62. The average molecular weight is 253 g/mol. The number of anilines is 1. The van der Waals surface area contributed by atoms with Crippen LogP contribution in [0, 0.1) is 11.7 Å². The molecule has 1 atom stereocenters. The molecular weight excluding hydrogens is 233 g/mol. The van der Waals surface area contributed by atoms with Crippen molar-refractivity contribution in [2.75, 3.05) is 11.9 Å². The monoisotopic (exact) mass is 253 g/mol. The van der Waals surface area contributed by atoms with Crippen molar-refractivity contribution in [3.63, 3.8) is 0 Å². The molecule has 0 aliphatic rings. The molecule has 0 saturated heterocycles. The molecule has 0 aliphatic carbocycles. The van der Waals surface area contributed by atoms with Gasteiger partial charge in [0.1, 0.15) is 5.82 Å². The quantitative estimate of drug-likeness (QED) is 0.754. The van der Waals surface area contributed by atoms with Crippen LogP contribution in [-0.2, 0) is 0 Å². The van der Waals surface area contributed by atoms with E-state index in [2.05, 4.69) is 24.5 Å². The summed E-state index contributed by atoms with van der Waals surface area (Å²) in [5.74, 6) is 0.168. The summed E-state index contributed by atoms with van der Waals surface area (Å²) in [5, 5.41) is 5.29. The molecule has 1 aromatic rings. The minimum atomic E-state index is -0.333. The highest BCUT2D eigenvalue weighted by Gasteiger charge is 2.07. The predicted molar refractivity (Wildman–Crippen MR) is 70.9 cm³/mol. The Labute approximate surface area is 107 Å². The number of nitrogens with one attached hydrogen (secondary N) is 2. The second-order valence-electron chi connectivity index (χ2n) is 4.73. The van der Waals surface area contributed by atoms with Crippen LogP contribution in [0.2, 0.25) is 0 Å². The molecule has 0 bridgehead atoms. The van der Waals surface area contributed by atoms with E-state index in [4.69, 9.17) is 5.73 Å². The van der Waals surface area contributed by atoms with Crippen molar-refractivity contribution in [1.82, 2.24) is 5.32 Å². The Kier molecular flexibility index (Phi) is 5.58. The summed E-state index contributed by atoms with van der Waals surface area (Å²) in [4.78, 5) is 11.5. The van der Waals surface area contributed by atoms with Gasteiger partial charge in [-0.15, -0.1) is 0 Å². The Bertz CT molecular complexity index is 378. The molecule has 4 N–H and O–H groups in total. The summed E-state index contributed by atoms with van der Waals surface area (Å²) in [6.45, 7) is 4.59. The fraction of sp³-hybridized carbons (Fsp3) is 0.462. The van der Waals surface area contributed by atoms with E-state index in [1.54, 1.807) is 0 Å². The Morgan fingerprint density at radius 1 is 1.33 bits per heavy atom. The maximum atomic E-state index is 12.7. The van der Waals surface area contributed by atoms with Crippen LogP contribution in [0.3, 0.4) is 0 Å². The first-order chi connectivity index (χ1) is 8.47. The summed E-state index contributed by atoms with van der Waals surface area (Å²) in [6, 6.07) is 5.20. The largest absolute Gasteiger partial charge is 0.336 e. The number of rotatable bonds is 5. The molecular formula is C13H20FN3O. The van der Waals surface area contributed by atoms with Crippen LogP contribution in [0.15, 0.2) is 24.3 Å². The van der Waals surface area contributed by atoms with Crippen LogP contribution < -0.4 is 16.4 Å². The number of carbonyl (C=O) groups excluding carboxylic acids is 1. The van der Waals surface area contributed by atoms with Gasteiger partial charge in [-0.3, -0.25) is 0 Å². The van der Waals surface area contributed by atoms with Gasteiger partial charge in [-0.25, -0.2) is 9.18 Å². The molecule has 0 saturated carbocycles. The van der Waals surface area contributed by atoms with Crippen molar-refractivity contribution in [2.45, 2.75) is 26.3 Å². The van der Waals surface area contributed by atoms with Crippen LogP contribution in [0.5, 0.6) is 0 Å². The van der Waals surface area contributed by atoms with Gasteiger partial charge < -0.3 is 16.4 Å². The minimum Gasteiger partial charge on any atom is -0.336 e. The Morgan fingerprint density at radius 2 is 1.94 bits per heavy atom. The third-order valence-corrected chi connectivity index (χ3v) is 2.40. The number of amides is 2. The number of hydrogen-bond acceptors (Lipinski definition) is 2. The van der Waals surface area contributed by atoms with Crippen LogP contribution in [-0.4, -0.2) is 18.6 Å². The first kappa shape index (κ1) is 14.4. The Balaban J connectivity index is 2.31. The van der Waals surface area contributed by atoms with E-state index in [0.717, 1.165) is 6.42 Å². The second kappa shape index (κ2) is 6.96. The molecule has 1 unspecified atom stereocenters. The lowest BCUT2D eigenvalue weighted by Crippen LogP contribution is -2.39. The Morgan fingerprint density at radius 3 is 2.50 bits per heavy atom. The van der Waals surface area contributed by atoms with Gasteiger partial charge in [0, 0.05) is 18.3 Å². The fourth-order valence-electron chi connectivity index (χ4n) is 1.62. The molecule has 4 nitrogen and oxygen atoms in total. The summed E-state index contributed by atoms with van der Waals surface area (Å²) >= 11 is 0. The summed E-state index contributed by atoms with van der Waals surface area (Å²) < 4.78 is 12.7. The lowest BCUT2D eigenvalue weighted by molar-refractivity contribution is 0.251. The zero-order valence-electron chi connectivity index (χ0n) is 10.7. The van der Waals surface area contributed by atoms with Gasteiger partial charge in [0.15, 0.2) is 0 Å². The van der Waals surface area contributed by atoms with Crippen molar-refractivity contribution in [3.05, 3.63) is 30.1 Å². The van der Waals surface area contributed by atoms with Gasteiger partial charge in [-0.1, -0.05) is 13.8 Å². The zero-order valence-corrected chi connectivity index (χ0v) is 10.7. The van der Waals surface area contributed by atoms with Crippen molar-refractivity contribution in [2.24, 2.45) is 11.7 Å². The topological polar surface area (TPSA) is 67.1 Å². The van der Waals surface area contributed by atoms with E-state index in [9.17, 15) is 9.18 Å². The van der Waals surface area contributed by atoms with Gasteiger partial charge in [0.2, 0.25) is 0 Å². The number of hydrogen-bond donors (Lipinski definition) is 3. The molecule has 5 heteroatoms. The van der Waals surface area contributed by atoms with E-state index in [1.165, 1.54) is 24.3 Å². The Hall–Kier alpha value is -1.62. The van der Waals surface area contributed by atoms with Crippen molar-refractivity contribution >= 4 is 11.7 Å². The van der Waals surface area contributed by atoms with Crippen LogP contribution in [0.4, 0.5) is 14.9 Å². The van der Waals surface area contributed by atoms with Crippen molar-refractivity contribution in [3.8, 4) is 0 Å². The SMILES string of the molecule is CC(C)CC(N)CNC(=O)Nc1ccc(F)cc1. The second-order valence-corrected chi connectivity index (χ2v) is 4.73. The molecule has 0 aliphatic heterocycles. The molecule has 1 aromatic carbocycles. The van der Waals surface area contributed by atoms with E-state index >= 15 is 0 Å². The van der Waals surface area contributed by atoms with Gasteiger partial charge >= 0.3 is 6.03 Å². The van der Waals surface area contributed by atoms with Gasteiger partial charge in [0.25, 0.3) is 0 Å². The van der Waals surface area contributed by atoms with Crippen LogP contribution in [0.25, 0.3) is 0 Å². The molecule has 1 rings (SSSR count). The normalized spacial score (nSPS) is 12.3. The lowest BCUT2D eigenvalue weighted by Gasteiger charge is -2.15. The predicted octanol–water partition coefficient (Wildman–Crippen LogP) is 2.32. The van der Waals surface area contributed by atoms with Gasteiger partial charge in [-0.2, -0.15) is 0 Å². The zero-order chi connectivity index (χ0) is 13.5. The van der Waals surface area contributed by atoms with Crippen LogP contribution >= 0.6 is 0 Å². The molecule has 0 radical (unpaired) electrons. The molecule has 2 amide bonds. The number of nitrogens with two attached hydrogens (primary N) is 1.